The van der Waals surface area contributed by atoms with E-state index in [0.29, 0.717) is 5.57 Å². The molecule has 1 aliphatic carbocycles. The van der Waals surface area contributed by atoms with Crippen LogP contribution >= 0.6 is 0 Å². The van der Waals surface area contributed by atoms with Crippen molar-refractivity contribution in [3.8, 4) is 0 Å². The Morgan fingerprint density at radius 1 is 1.42 bits per heavy atom. The van der Waals surface area contributed by atoms with Crippen LogP contribution in [0, 0.1) is 0 Å². The normalized spacial score (nSPS) is 26.6. The number of fused-ring (bicyclic) bond motifs is 1. The van der Waals surface area contributed by atoms with Crippen LogP contribution in [-0.4, -0.2) is 36.9 Å². The molecule has 2 aliphatic rings. The molecule has 5 heteroatoms. The molecule has 0 saturated carbocycles. The lowest BCUT2D eigenvalue weighted by Gasteiger charge is -2.24. The van der Waals surface area contributed by atoms with Crippen LogP contribution < -0.4 is 0 Å². The summed E-state index contributed by atoms with van der Waals surface area (Å²) >= 11 is 0. The minimum absolute atomic E-state index is 0.103. The Balaban J connectivity index is 2.27. The SMILES string of the molecule is CO[C@H]1C=CC2=C(C(=O)OC(C)(C)C)C(=O)C[C@@H]2O1. The topological polar surface area (TPSA) is 61.8 Å². The molecule has 2 atom stereocenters. The van der Waals surface area contributed by atoms with Gasteiger partial charge in [0.1, 0.15) is 11.2 Å². The summed E-state index contributed by atoms with van der Waals surface area (Å²) in [6, 6.07) is 0. The second-order valence-corrected chi connectivity index (χ2v) is 5.55. The Kier molecular flexibility index (Phi) is 3.60. The number of rotatable bonds is 2. The van der Waals surface area contributed by atoms with Gasteiger partial charge in [-0.1, -0.05) is 6.08 Å². The molecule has 1 aliphatic heterocycles. The van der Waals surface area contributed by atoms with Gasteiger partial charge in [0.25, 0.3) is 0 Å². The molecule has 0 saturated heterocycles. The van der Waals surface area contributed by atoms with Gasteiger partial charge in [-0.2, -0.15) is 0 Å². The van der Waals surface area contributed by atoms with Gasteiger partial charge >= 0.3 is 5.97 Å². The smallest absolute Gasteiger partial charge is 0.342 e. The van der Waals surface area contributed by atoms with Gasteiger partial charge in [0.2, 0.25) is 0 Å². The van der Waals surface area contributed by atoms with Crippen molar-refractivity contribution in [1.82, 2.24) is 0 Å². The summed E-state index contributed by atoms with van der Waals surface area (Å²) < 4.78 is 15.9. The molecule has 0 fully saturated rings. The summed E-state index contributed by atoms with van der Waals surface area (Å²) in [6.45, 7) is 5.30. The van der Waals surface area contributed by atoms with E-state index in [-0.39, 0.29) is 17.8 Å². The van der Waals surface area contributed by atoms with Crippen LogP contribution in [0.4, 0.5) is 0 Å². The maximum Gasteiger partial charge on any atom is 0.342 e. The first-order valence-corrected chi connectivity index (χ1v) is 6.19. The Morgan fingerprint density at radius 2 is 2.11 bits per heavy atom. The fraction of sp³-hybridized carbons (Fsp3) is 0.571. The number of ether oxygens (including phenoxy) is 3. The summed E-state index contributed by atoms with van der Waals surface area (Å²) in [6.07, 6.45) is 2.67. The number of esters is 1. The van der Waals surface area contributed by atoms with Crippen molar-refractivity contribution in [2.75, 3.05) is 7.11 Å². The van der Waals surface area contributed by atoms with Gasteiger partial charge in [0, 0.05) is 13.5 Å². The highest BCUT2D eigenvalue weighted by Gasteiger charge is 2.40. The third-order valence-electron chi connectivity index (χ3n) is 2.85. The predicted molar refractivity (Wildman–Crippen MR) is 67.3 cm³/mol. The number of carbonyl (C=O) groups is 2. The Bertz CT molecular complexity index is 467. The maximum atomic E-state index is 12.1. The van der Waals surface area contributed by atoms with Crippen LogP contribution in [0.5, 0.6) is 0 Å². The van der Waals surface area contributed by atoms with Crippen LogP contribution in [0.25, 0.3) is 0 Å². The van der Waals surface area contributed by atoms with E-state index in [0.717, 1.165) is 0 Å². The molecule has 104 valence electrons. The van der Waals surface area contributed by atoms with E-state index < -0.39 is 24.0 Å². The zero-order valence-electron chi connectivity index (χ0n) is 11.6. The van der Waals surface area contributed by atoms with Gasteiger partial charge in [0.15, 0.2) is 12.1 Å². The summed E-state index contributed by atoms with van der Waals surface area (Å²) in [7, 11) is 1.52. The van der Waals surface area contributed by atoms with Crippen LogP contribution in [0.3, 0.4) is 0 Å². The second-order valence-electron chi connectivity index (χ2n) is 5.55. The van der Waals surface area contributed by atoms with Crippen molar-refractivity contribution in [2.24, 2.45) is 0 Å². The number of methoxy groups -OCH3 is 1. The first-order valence-electron chi connectivity index (χ1n) is 6.19. The molecule has 0 spiro atoms. The van der Waals surface area contributed by atoms with Crippen molar-refractivity contribution in [1.29, 1.82) is 0 Å². The maximum absolute atomic E-state index is 12.1. The molecule has 19 heavy (non-hydrogen) atoms. The van der Waals surface area contributed by atoms with Gasteiger partial charge in [-0.15, -0.1) is 0 Å². The fourth-order valence-electron chi connectivity index (χ4n) is 2.10. The van der Waals surface area contributed by atoms with Crippen LogP contribution in [0.2, 0.25) is 0 Å². The molecule has 0 radical (unpaired) electrons. The molecular formula is C14H18O5. The van der Waals surface area contributed by atoms with E-state index in [9.17, 15) is 9.59 Å². The third-order valence-corrected chi connectivity index (χ3v) is 2.85. The van der Waals surface area contributed by atoms with Gasteiger partial charge in [-0.25, -0.2) is 4.79 Å². The van der Waals surface area contributed by atoms with Crippen molar-refractivity contribution in [2.45, 2.75) is 45.2 Å². The van der Waals surface area contributed by atoms with E-state index in [1.165, 1.54) is 7.11 Å². The lowest BCUT2D eigenvalue weighted by atomic mass is 10.1. The van der Waals surface area contributed by atoms with Crippen molar-refractivity contribution in [3.63, 3.8) is 0 Å². The number of ketones is 1. The van der Waals surface area contributed by atoms with Crippen LogP contribution in [-0.2, 0) is 23.8 Å². The molecule has 0 amide bonds. The first kappa shape index (κ1) is 14.0. The zero-order chi connectivity index (χ0) is 14.2. The zero-order valence-corrected chi connectivity index (χ0v) is 11.6. The highest BCUT2D eigenvalue weighted by Crippen LogP contribution is 2.33. The third kappa shape index (κ3) is 2.93. The van der Waals surface area contributed by atoms with Crippen LogP contribution in [0.1, 0.15) is 27.2 Å². The molecule has 0 aromatic carbocycles. The van der Waals surface area contributed by atoms with E-state index >= 15 is 0 Å². The van der Waals surface area contributed by atoms with Gasteiger partial charge in [-0.3, -0.25) is 4.79 Å². The molecule has 0 N–H and O–H groups in total. The molecule has 1 heterocycles. The van der Waals surface area contributed by atoms with E-state index in [1.54, 1.807) is 32.9 Å². The monoisotopic (exact) mass is 266 g/mol. The number of hydrogen-bond acceptors (Lipinski definition) is 5. The molecule has 0 aromatic rings. The summed E-state index contributed by atoms with van der Waals surface area (Å²) in [5, 5.41) is 0. The summed E-state index contributed by atoms with van der Waals surface area (Å²) in [4.78, 5) is 24.0. The molecule has 2 rings (SSSR count). The van der Waals surface area contributed by atoms with Crippen molar-refractivity contribution in [3.05, 3.63) is 23.3 Å². The number of carbonyl (C=O) groups excluding carboxylic acids is 2. The average molecular weight is 266 g/mol. The average Bonchev–Trinajstić information content (AvgIpc) is 2.61. The molecular weight excluding hydrogens is 248 g/mol. The van der Waals surface area contributed by atoms with Crippen molar-refractivity contribution >= 4 is 11.8 Å². The summed E-state index contributed by atoms with van der Waals surface area (Å²) in [5.74, 6) is -0.824. The fourth-order valence-corrected chi connectivity index (χ4v) is 2.10. The first-order chi connectivity index (χ1) is 8.81. The highest BCUT2D eigenvalue weighted by atomic mass is 16.7. The number of Topliss-reactive ketones (excluding diaryl/α,β-unsaturated/α-hetero) is 1. The van der Waals surface area contributed by atoms with Gasteiger partial charge in [-0.05, 0) is 32.4 Å². The molecule has 0 unspecified atom stereocenters. The largest absolute Gasteiger partial charge is 0.456 e. The highest BCUT2D eigenvalue weighted by molar-refractivity contribution is 6.20. The lowest BCUT2D eigenvalue weighted by molar-refractivity contribution is -0.150. The minimum Gasteiger partial charge on any atom is -0.456 e. The second kappa shape index (κ2) is 4.90. The Hall–Kier alpha value is -1.46. The predicted octanol–water partition coefficient (Wildman–Crippen LogP) is 1.53. The van der Waals surface area contributed by atoms with Gasteiger partial charge in [0.05, 0.1) is 6.10 Å². The van der Waals surface area contributed by atoms with E-state index in [4.69, 9.17) is 14.2 Å². The van der Waals surface area contributed by atoms with Gasteiger partial charge < -0.3 is 14.2 Å². The molecule has 0 bridgehead atoms. The molecule has 5 nitrogen and oxygen atoms in total. The molecule has 0 aromatic heterocycles. The lowest BCUT2D eigenvalue weighted by Crippen LogP contribution is -2.27. The standard InChI is InChI=1S/C14H18O5/c1-14(2,3)19-13(16)12-8-5-6-11(17-4)18-10(8)7-9(12)15/h5-6,10-11H,7H2,1-4H3/t10-,11+/m0/s1. The van der Waals surface area contributed by atoms with E-state index in [2.05, 4.69) is 0 Å². The Labute approximate surface area is 112 Å². The van der Waals surface area contributed by atoms with Crippen LogP contribution in [0.15, 0.2) is 23.3 Å². The number of hydrogen-bond donors (Lipinski definition) is 0. The van der Waals surface area contributed by atoms with Crippen molar-refractivity contribution < 1.29 is 23.8 Å². The Morgan fingerprint density at radius 3 is 2.68 bits per heavy atom. The minimum atomic E-state index is -0.628. The summed E-state index contributed by atoms with van der Waals surface area (Å²) in [5.41, 5.74) is 0.0652. The quantitative estimate of drug-likeness (QED) is 0.560. The van der Waals surface area contributed by atoms with E-state index in [1.807, 2.05) is 0 Å².